The van der Waals surface area contributed by atoms with Crippen molar-refractivity contribution in [2.45, 2.75) is 28.7 Å². The summed E-state index contributed by atoms with van der Waals surface area (Å²) in [5.41, 5.74) is -3.99. The topological polar surface area (TPSA) is 86.5 Å². The molecule has 0 spiro atoms. The highest BCUT2D eigenvalue weighted by atomic mass is 32.2. The number of fused-ring (bicyclic) bond motifs is 1. The number of rotatable bonds is 5. The second-order valence-corrected chi connectivity index (χ2v) is 10.4. The Kier molecular flexibility index (Phi) is 5.84. The SMILES string of the molecule is CN1C[C@H](F)[C@H](Nc2cccc3c(SC(F)(F)F)c(-c4noc([C@H]5CN(C)C(=O)N5)n4)sc23)C1. The number of halogens is 4. The van der Waals surface area contributed by atoms with Crippen LogP contribution in [-0.2, 0) is 0 Å². The van der Waals surface area contributed by atoms with Crippen LogP contribution in [0.1, 0.15) is 11.9 Å². The number of alkyl halides is 4. The van der Waals surface area contributed by atoms with Crippen LogP contribution in [0.2, 0.25) is 0 Å². The maximum Gasteiger partial charge on any atom is 0.446 e. The average Bonchev–Trinajstić information content (AvgIpc) is 3.50. The number of hydrogen-bond donors (Lipinski definition) is 2. The van der Waals surface area contributed by atoms with E-state index in [1.165, 1.54) is 4.90 Å². The fraction of sp³-hybridized carbons (Fsp3) is 0.450. The molecule has 2 aromatic heterocycles. The lowest BCUT2D eigenvalue weighted by Gasteiger charge is -2.16. The maximum absolute atomic E-state index is 14.4. The largest absolute Gasteiger partial charge is 0.446 e. The molecule has 5 rings (SSSR count). The minimum atomic E-state index is -4.54. The van der Waals surface area contributed by atoms with Gasteiger partial charge in [-0.2, -0.15) is 18.2 Å². The number of nitrogens with one attached hydrogen (secondary N) is 2. The molecule has 1 aromatic carbocycles. The molecular weight excluding hydrogens is 496 g/mol. The summed E-state index contributed by atoms with van der Waals surface area (Å²) in [6.07, 6.45) is -1.09. The zero-order chi connectivity index (χ0) is 24.2. The Balaban J connectivity index is 1.55. The van der Waals surface area contributed by atoms with E-state index >= 15 is 0 Å². The smallest absolute Gasteiger partial charge is 0.377 e. The van der Waals surface area contributed by atoms with Gasteiger partial charge in [0.15, 0.2) is 0 Å². The molecule has 182 valence electrons. The Morgan fingerprint density at radius 1 is 1.26 bits per heavy atom. The van der Waals surface area contributed by atoms with Gasteiger partial charge in [-0.25, -0.2) is 9.18 Å². The minimum absolute atomic E-state index is 0.00155. The molecule has 3 aromatic rings. The Hall–Kier alpha value is -2.58. The predicted octanol–water partition coefficient (Wildman–Crippen LogP) is 4.32. The lowest BCUT2D eigenvalue weighted by Crippen LogP contribution is -2.29. The van der Waals surface area contributed by atoms with E-state index in [4.69, 9.17) is 4.52 Å². The zero-order valence-corrected chi connectivity index (χ0v) is 19.7. The molecule has 0 bridgehead atoms. The minimum Gasteiger partial charge on any atom is -0.377 e. The standard InChI is InChI=1S/C20H20F4N6O2S2/c1-29-6-10(21)12(7-29)25-11-5-3-4-9-14(11)33-16(15(9)34-20(22,23)24)17-27-18(32-28-17)13-8-30(2)19(31)26-13/h3-5,10,12-13,25H,6-8H2,1-2H3,(H,26,31)/t10-,12+,13+/m0/s1. The molecule has 3 atom stereocenters. The Labute approximate surface area is 199 Å². The second kappa shape index (κ2) is 8.57. The quantitative estimate of drug-likeness (QED) is 0.386. The number of benzene rings is 1. The number of anilines is 1. The van der Waals surface area contributed by atoms with Crippen LogP contribution in [-0.4, -0.2) is 77.4 Å². The van der Waals surface area contributed by atoms with Gasteiger partial charge in [0.25, 0.3) is 5.89 Å². The highest BCUT2D eigenvalue weighted by Gasteiger charge is 2.36. The van der Waals surface area contributed by atoms with E-state index in [1.807, 2.05) is 11.9 Å². The molecule has 0 unspecified atom stereocenters. The van der Waals surface area contributed by atoms with Crippen molar-refractivity contribution in [2.75, 3.05) is 39.0 Å². The normalized spacial score (nSPS) is 23.8. The first-order chi connectivity index (χ1) is 16.1. The summed E-state index contributed by atoms with van der Waals surface area (Å²) in [5.74, 6) is 0.113. The molecule has 2 aliphatic rings. The summed E-state index contributed by atoms with van der Waals surface area (Å²) in [6, 6.07) is 3.62. The van der Waals surface area contributed by atoms with Gasteiger partial charge in [0.05, 0.1) is 27.9 Å². The number of thiophene rings is 1. The molecule has 2 fully saturated rings. The van der Waals surface area contributed by atoms with Gasteiger partial charge >= 0.3 is 11.5 Å². The Morgan fingerprint density at radius 2 is 2.06 bits per heavy atom. The highest BCUT2D eigenvalue weighted by molar-refractivity contribution is 8.00. The molecule has 0 radical (unpaired) electrons. The number of thioether (sulfide) groups is 1. The van der Waals surface area contributed by atoms with E-state index in [9.17, 15) is 22.4 Å². The van der Waals surface area contributed by atoms with E-state index in [0.717, 1.165) is 11.3 Å². The van der Waals surface area contributed by atoms with Crippen LogP contribution in [0.4, 0.5) is 28.0 Å². The Morgan fingerprint density at radius 3 is 2.71 bits per heavy atom. The van der Waals surface area contributed by atoms with Crippen LogP contribution in [0.3, 0.4) is 0 Å². The summed E-state index contributed by atoms with van der Waals surface area (Å²) in [5, 5.41) is 10.1. The monoisotopic (exact) mass is 516 g/mol. The third-order valence-electron chi connectivity index (χ3n) is 5.70. The van der Waals surface area contributed by atoms with E-state index in [1.54, 1.807) is 25.2 Å². The van der Waals surface area contributed by atoms with E-state index in [-0.39, 0.29) is 45.8 Å². The van der Waals surface area contributed by atoms with Crippen molar-refractivity contribution in [3.63, 3.8) is 0 Å². The Bertz CT molecular complexity index is 1230. The summed E-state index contributed by atoms with van der Waals surface area (Å²) in [7, 11) is 3.42. The predicted molar refractivity (Wildman–Crippen MR) is 121 cm³/mol. The van der Waals surface area contributed by atoms with Gasteiger partial charge in [-0.15, -0.1) is 11.3 Å². The molecule has 0 aliphatic carbocycles. The molecule has 8 nitrogen and oxygen atoms in total. The van der Waals surface area contributed by atoms with Crippen molar-refractivity contribution in [3.8, 4) is 10.7 Å². The molecule has 4 heterocycles. The molecule has 2 N–H and O–H groups in total. The van der Waals surface area contributed by atoms with Gasteiger partial charge in [0, 0.05) is 30.4 Å². The number of nitrogens with zero attached hydrogens (tertiary/aromatic N) is 4. The number of amides is 2. The number of urea groups is 1. The third kappa shape index (κ3) is 4.41. The van der Waals surface area contributed by atoms with Crippen LogP contribution in [0, 0.1) is 0 Å². The van der Waals surface area contributed by atoms with Crippen LogP contribution in [0.25, 0.3) is 20.8 Å². The summed E-state index contributed by atoms with van der Waals surface area (Å²) in [6.45, 7) is 1.07. The van der Waals surface area contributed by atoms with Crippen molar-refractivity contribution >= 4 is 44.9 Å². The van der Waals surface area contributed by atoms with Crippen molar-refractivity contribution in [2.24, 2.45) is 0 Å². The molecule has 34 heavy (non-hydrogen) atoms. The lowest BCUT2D eigenvalue weighted by atomic mass is 10.2. The van der Waals surface area contributed by atoms with Crippen LogP contribution < -0.4 is 10.6 Å². The number of likely N-dealkylation sites (N-methyl/N-ethyl adjacent to an activating group) is 2. The second-order valence-electron chi connectivity index (χ2n) is 8.32. The van der Waals surface area contributed by atoms with Crippen molar-refractivity contribution in [1.29, 1.82) is 0 Å². The third-order valence-corrected chi connectivity index (χ3v) is 7.93. The van der Waals surface area contributed by atoms with E-state index < -0.39 is 23.8 Å². The summed E-state index contributed by atoms with van der Waals surface area (Å²) in [4.78, 5) is 19.5. The van der Waals surface area contributed by atoms with Crippen molar-refractivity contribution in [1.82, 2.24) is 25.3 Å². The number of likely N-dealkylation sites (tertiary alicyclic amines) is 1. The molecule has 2 aliphatic heterocycles. The van der Waals surface area contributed by atoms with Crippen molar-refractivity contribution in [3.05, 3.63) is 24.1 Å². The summed E-state index contributed by atoms with van der Waals surface area (Å²) >= 11 is 0.838. The number of hydrogen-bond acceptors (Lipinski definition) is 8. The summed E-state index contributed by atoms with van der Waals surface area (Å²) < 4.78 is 60.7. The lowest BCUT2D eigenvalue weighted by molar-refractivity contribution is -0.0327. The molecule has 2 amide bonds. The van der Waals surface area contributed by atoms with E-state index in [0.29, 0.717) is 28.9 Å². The molecule has 2 saturated heterocycles. The van der Waals surface area contributed by atoms with Crippen LogP contribution >= 0.6 is 23.1 Å². The molecular formula is C20H20F4N6O2S2. The number of aromatic nitrogens is 2. The first-order valence-electron chi connectivity index (χ1n) is 10.3. The molecule has 0 saturated carbocycles. The van der Waals surface area contributed by atoms with Gasteiger partial charge < -0.3 is 25.0 Å². The maximum atomic E-state index is 14.4. The van der Waals surface area contributed by atoms with Gasteiger partial charge in [-0.1, -0.05) is 17.3 Å². The zero-order valence-electron chi connectivity index (χ0n) is 18.0. The first kappa shape index (κ1) is 23.2. The van der Waals surface area contributed by atoms with Crippen LogP contribution in [0.15, 0.2) is 27.6 Å². The fourth-order valence-electron chi connectivity index (χ4n) is 4.13. The van der Waals surface area contributed by atoms with E-state index in [2.05, 4.69) is 20.8 Å². The molecule has 14 heteroatoms. The average molecular weight is 517 g/mol. The highest BCUT2D eigenvalue weighted by Crippen LogP contribution is 2.50. The first-order valence-corrected chi connectivity index (χ1v) is 12.0. The van der Waals surface area contributed by atoms with Gasteiger partial charge in [0.1, 0.15) is 12.2 Å². The van der Waals surface area contributed by atoms with Crippen LogP contribution in [0.5, 0.6) is 0 Å². The van der Waals surface area contributed by atoms with Gasteiger partial charge in [-0.3, -0.25) is 0 Å². The fourth-order valence-corrected chi connectivity index (χ4v) is 6.24. The number of carbonyl (C=O) groups is 1. The van der Waals surface area contributed by atoms with Gasteiger partial charge in [0.2, 0.25) is 5.82 Å². The van der Waals surface area contributed by atoms with Crippen molar-refractivity contribution < 1.29 is 26.9 Å². The van der Waals surface area contributed by atoms with Gasteiger partial charge in [-0.05, 0) is 24.9 Å². The number of carbonyl (C=O) groups excluding carboxylic acids is 1.